The summed E-state index contributed by atoms with van der Waals surface area (Å²) < 4.78 is 0. The number of halogens is 1. The highest BCUT2D eigenvalue weighted by atomic mass is 35.5. The minimum atomic E-state index is -0.829. The van der Waals surface area contributed by atoms with E-state index in [0.717, 1.165) is 15.6 Å². The molecule has 1 aromatic heterocycles. The van der Waals surface area contributed by atoms with Crippen molar-refractivity contribution in [3.8, 4) is 0 Å². The molecule has 0 aliphatic carbocycles. The number of aromatic nitrogens is 1. The van der Waals surface area contributed by atoms with Gasteiger partial charge < -0.3 is 5.73 Å². The standard InChI is InChI=1S/C13H13ClN4O2S/c1-7-8(2)21-13(16-7)18(12(15)20)17-11(19)9-5-3-4-6-10(9)14/h3-6H,1-2H3,(H2,15,20)(H,17,19). The predicted molar refractivity (Wildman–Crippen MR) is 82.6 cm³/mol. The second-order valence-electron chi connectivity index (χ2n) is 4.23. The minimum absolute atomic E-state index is 0.246. The van der Waals surface area contributed by atoms with Crippen molar-refractivity contribution in [1.29, 1.82) is 0 Å². The normalized spacial score (nSPS) is 10.2. The summed E-state index contributed by atoms with van der Waals surface area (Å²) in [5.41, 5.74) is 8.73. The van der Waals surface area contributed by atoms with Crippen molar-refractivity contribution < 1.29 is 9.59 Å². The molecule has 0 aliphatic rings. The molecule has 0 atom stereocenters. The zero-order valence-corrected chi connectivity index (χ0v) is 13.0. The van der Waals surface area contributed by atoms with Crippen LogP contribution in [0.5, 0.6) is 0 Å². The van der Waals surface area contributed by atoms with E-state index in [1.165, 1.54) is 11.3 Å². The van der Waals surface area contributed by atoms with Gasteiger partial charge in [0, 0.05) is 4.88 Å². The van der Waals surface area contributed by atoms with Crippen molar-refractivity contribution in [3.63, 3.8) is 0 Å². The van der Waals surface area contributed by atoms with E-state index in [-0.39, 0.29) is 10.6 Å². The molecule has 0 saturated carbocycles. The van der Waals surface area contributed by atoms with Gasteiger partial charge in [-0.05, 0) is 26.0 Å². The molecule has 0 spiro atoms. The van der Waals surface area contributed by atoms with Crippen LogP contribution >= 0.6 is 22.9 Å². The zero-order chi connectivity index (χ0) is 15.6. The lowest BCUT2D eigenvalue weighted by atomic mass is 10.2. The number of thiazole rings is 1. The van der Waals surface area contributed by atoms with Crippen LogP contribution in [-0.4, -0.2) is 16.9 Å². The molecule has 6 nitrogen and oxygen atoms in total. The second kappa shape index (κ2) is 6.11. The van der Waals surface area contributed by atoms with Crippen molar-refractivity contribution in [2.75, 3.05) is 5.01 Å². The van der Waals surface area contributed by atoms with Crippen molar-refractivity contribution in [2.45, 2.75) is 13.8 Å². The quantitative estimate of drug-likeness (QED) is 0.832. The van der Waals surface area contributed by atoms with Crippen molar-refractivity contribution in [2.24, 2.45) is 5.73 Å². The summed E-state index contributed by atoms with van der Waals surface area (Å²) >= 11 is 7.21. The van der Waals surface area contributed by atoms with Gasteiger partial charge in [-0.25, -0.2) is 9.78 Å². The Bertz CT molecular complexity index is 682. The average Bonchev–Trinajstić information content (AvgIpc) is 2.75. The summed E-state index contributed by atoms with van der Waals surface area (Å²) in [7, 11) is 0. The Morgan fingerprint density at radius 2 is 2.00 bits per heavy atom. The van der Waals surface area contributed by atoms with Crippen LogP contribution in [0.2, 0.25) is 5.02 Å². The molecule has 1 aromatic carbocycles. The van der Waals surface area contributed by atoms with Crippen LogP contribution in [0.25, 0.3) is 0 Å². The predicted octanol–water partition coefficient (Wildman–Crippen LogP) is 2.64. The lowest BCUT2D eigenvalue weighted by Gasteiger charge is -2.18. The molecule has 0 unspecified atom stereocenters. The van der Waals surface area contributed by atoms with E-state index in [4.69, 9.17) is 17.3 Å². The summed E-state index contributed by atoms with van der Waals surface area (Å²) in [6.07, 6.45) is 0. The molecular weight excluding hydrogens is 312 g/mol. The fourth-order valence-corrected chi connectivity index (χ4v) is 2.65. The Labute approximate surface area is 130 Å². The lowest BCUT2D eigenvalue weighted by molar-refractivity contribution is 0.0951. The Balaban J connectivity index is 2.27. The molecule has 0 radical (unpaired) electrons. The fraction of sp³-hybridized carbons (Fsp3) is 0.154. The van der Waals surface area contributed by atoms with Gasteiger partial charge in [-0.15, -0.1) is 0 Å². The first kappa shape index (κ1) is 15.3. The van der Waals surface area contributed by atoms with Gasteiger partial charge in [0.2, 0.25) is 5.13 Å². The molecule has 2 rings (SSSR count). The third-order valence-corrected chi connectivity index (χ3v) is 4.15. The number of carbonyl (C=O) groups is 2. The number of rotatable bonds is 2. The van der Waals surface area contributed by atoms with Crippen molar-refractivity contribution in [3.05, 3.63) is 45.4 Å². The summed E-state index contributed by atoms with van der Waals surface area (Å²) in [5, 5.41) is 1.50. The van der Waals surface area contributed by atoms with E-state index in [1.807, 2.05) is 13.8 Å². The number of nitrogens with two attached hydrogens (primary N) is 1. The van der Waals surface area contributed by atoms with Crippen molar-refractivity contribution >= 4 is 40.0 Å². The topological polar surface area (TPSA) is 88.3 Å². The first-order valence-corrected chi connectivity index (χ1v) is 7.18. The number of anilines is 1. The van der Waals surface area contributed by atoms with E-state index < -0.39 is 11.9 Å². The van der Waals surface area contributed by atoms with E-state index >= 15 is 0 Å². The van der Waals surface area contributed by atoms with E-state index in [0.29, 0.717) is 5.13 Å². The van der Waals surface area contributed by atoms with E-state index in [1.54, 1.807) is 24.3 Å². The van der Waals surface area contributed by atoms with Gasteiger partial charge in [-0.3, -0.25) is 10.2 Å². The number of hydrazine groups is 1. The van der Waals surface area contributed by atoms with Crippen LogP contribution in [0.15, 0.2) is 24.3 Å². The maximum atomic E-state index is 12.2. The van der Waals surface area contributed by atoms with Crippen LogP contribution in [0.3, 0.4) is 0 Å². The molecule has 0 aliphatic heterocycles. The Morgan fingerprint density at radius 1 is 1.33 bits per heavy atom. The molecule has 3 N–H and O–H groups in total. The Morgan fingerprint density at radius 3 is 2.52 bits per heavy atom. The molecule has 2 aromatic rings. The first-order valence-electron chi connectivity index (χ1n) is 5.99. The maximum Gasteiger partial charge on any atom is 0.340 e. The number of aryl methyl sites for hydroxylation is 2. The SMILES string of the molecule is Cc1nc(N(NC(=O)c2ccccc2Cl)C(N)=O)sc1C. The zero-order valence-electron chi connectivity index (χ0n) is 11.4. The Kier molecular flexibility index (Phi) is 4.44. The summed E-state index contributed by atoms with van der Waals surface area (Å²) in [4.78, 5) is 28.8. The van der Waals surface area contributed by atoms with E-state index in [2.05, 4.69) is 10.4 Å². The summed E-state index contributed by atoms with van der Waals surface area (Å²) in [6, 6.07) is 5.69. The van der Waals surface area contributed by atoms with Gasteiger partial charge in [0.25, 0.3) is 5.91 Å². The van der Waals surface area contributed by atoms with Crippen LogP contribution in [-0.2, 0) is 0 Å². The fourth-order valence-electron chi connectivity index (χ4n) is 1.56. The number of hydrogen-bond donors (Lipinski definition) is 2. The van der Waals surface area contributed by atoms with Gasteiger partial charge >= 0.3 is 6.03 Å². The monoisotopic (exact) mass is 324 g/mol. The molecule has 0 fully saturated rings. The summed E-state index contributed by atoms with van der Waals surface area (Å²) in [6.45, 7) is 3.68. The van der Waals surface area contributed by atoms with Crippen LogP contribution in [0.1, 0.15) is 20.9 Å². The molecule has 21 heavy (non-hydrogen) atoms. The third-order valence-electron chi connectivity index (χ3n) is 2.76. The highest BCUT2D eigenvalue weighted by Gasteiger charge is 2.21. The van der Waals surface area contributed by atoms with Crippen molar-refractivity contribution in [1.82, 2.24) is 10.4 Å². The van der Waals surface area contributed by atoms with Crippen LogP contribution < -0.4 is 16.2 Å². The Hall–Kier alpha value is -2.12. The molecule has 8 heteroatoms. The first-order chi connectivity index (χ1) is 9.90. The van der Waals surface area contributed by atoms with Gasteiger partial charge in [0.05, 0.1) is 16.3 Å². The molecular formula is C13H13ClN4O2S. The van der Waals surface area contributed by atoms with E-state index in [9.17, 15) is 9.59 Å². The number of hydrogen-bond acceptors (Lipinski definition) is 4. The maximum absolute atomic E-state index is 12.2. The molecule has 110 valence electrons. The molecule has 0 bridgehead atoms. The number of nitrogens with zero attached hydrogens (tertiary/aromatic N) is 2. The molecule has 3 amide bonds. The second-order valence-corrected chi connectivity index (χ2v) is 5.82. The number of primary amides is 1. The highest BCUT2D eigenvalue weighted by molar-refractivity contribution is 7.15. The number of carbonyl (C=O) groups excluding carboxylic acids is 2. The largest absolute Gasteiger partial charge is 0.350 e. The van der Waals surface area contributed by atoms with Crippen LogP contribution in [0, 0.1) is 13.8 Å². The molecule has 1 heterocycles. The molecule has 0 saturated heterocycles. The van der Waals surface area contributed by atoms with Gasteiger partial charge in [0.1, 0.15) is 0 Å². The number of benzene rings is 1. The number of amides is 3. The smallest absolute Gasteiger partial charge is 0.340 e. The lowest BCUT2D eigenvalue weighted by Crippen LogP contribution is -2.49. The number of nitrogens with one attached hydrogen (secondary N) is 1. The van der Waals surface area contributed by atoms with Gasteiger partial charge in [-0.1, -0.05) is 35.1 Å². The third kappa shape index (κ3) is 3.32. The summed E-state index contributed by atoms with van der Waals surface area (Å²) in [5.74, 6) is -0.537. The highest BCUT2D eigenvalue weighted by Crippen LogP contribution is 2.24. The average molecular weight is 325 g/mol. The van der Waals surface area contributed by atoms with Gasteiger partial charge in [0.15, 0.2) is 0 Å². The minimum Gasteiger partial charge on any atom is -0.350 e. The van der Waals surface area contributed by atoms with Gasteiger partial charge in [-0.2, -0.15) is 5.01 Å². The van der Waals surface area contributed by atoms with Crippen LogP contribution in [0.4, 0.5) is 9.93 Å². The number of urea groups is 1.